The van der Waals surface area contributed by atoms with Crippen LogP contribution in [0.1, 0.15) is 26.7 Å². The molecule has 0 saturated carbocycles. The highest BCUT2D eigenvalue weighted by Gasteiger charge is 2.05. The van der Waals surface area contributed by atoms with Gasteiger partial charge in [0.1, 0.15) is 5.82 Å². The first-order valence-electron chi connectivity index (χ1n) is 6.42. The third kappa shape index (κ3) is 4.33. The van der Waals surface area contributed by atoms with Crippen LogP contribution in [0.3, 0.4) is 0 Å². The zero-order chi connectivity index (χ0) is 13.4. The van der Waals surface area contributed by atoms with Gasteiger partial charge in [-0.05, 0) is 38.9 Å². The number of aromatic nitrogens is 1. The highest BCUT2D eigenvalue weighted by atomic mass is 16.1. The maximum atomic E-state index is 11.5. The normalized spacial score (nSPS) is 10.2. The number of carbonyl (C=O) groups excluding carboxylic acids is 1. The van der Waals surface area contributed by atoms with Crippen LogP contribution < -0.4 is 16.0 Å². The Hall–Kier alpha value is -1.62. The number of carbonyl (C=O) groups is 1. The number of nitrogens with two attached hydrogens (primary N) is 1. The van der Waals surface area contributed by atoms with Crippen LogP contribution in [0, 0.1) is 0 Å². The quantitative estimate of drug-likeness (QED) is 0.771. The topological polar surface area (TPSA) is 71.2 Å². The zero-order valence-corrected chi connectivity index (χ0v) is 11.1. The largest absolute Gasteiger partial charge is 0.357 e. The molecular weight excluding hydrogens is 228 g/mol. The van der Waals surface area contributed by atoms with Gasteiger partial charge in [0.05, 0.1) is 11.9 Å². The van der Waals surface area contributed by atoms with Crippen molar-refractivity contribution in [2.45, 2.75) is 26.7 Å². The summed E-state index contributed by atoms with van der Waals surface area (Å²) in [5.74, 6) is 0.915. The Balaban J connectivity index is 2.57. The fourth-order valence-corrected chi connectivity index (χ4v) is 1.68. The Bertz CT molecular complexity index is 360. The molecule has 1 aromatic heterocycles. The van der Waals surface area contributed by atoms with E-state index in [1.54, 1.807) is 6.20 Å². The number of amides is 1. The van der Waals surface area contributed by atoms with Crippen molar-refractivity contribution >= 4 is 17.4 Å². The summed E-state index contributed by atoms with van der Waals surface area (Å²) >= 11 is 0. The number of nitrogens with one attached hydrogen (secondary N) is 1. The molecule has 0 aliphatic rings. The van der Waals surface area contributed by atoms with Gasteiger partial charge in [-0.3, -0.25) is 4.79 Å². The molecule has 0 aliphatic carbocycles. The molecule has 0 saturated heterocycles. The van der Waals surface area contributed by atoms with Gasteiger partial charge in [-0.2, -0.15) is 0 Å². The van der Waals surface area contributed by atoms with Crippen molar-refractivity contribution in [1.29, 1.82) is 0 Å². The lowest BCUT2D eigenvalue weighted by molar-refractivity contribution is -0.116. The summed E-state index contributed by atoms with van der Waals surface area (Å²) in [4.78, 5) is 18.0. The van der Waals surface area contributed by atoms with Crippen molar-refractivity contribution in [3.8, 4) is 0 Å². The molecule has 0 fully saturated rings. The summed E-state index contributed by atoms with van der Waals surface area (Å²) in [6, 6.07) is 3.80. The molecule has 0 aliphatic heterocycles. The van der Waals surface area contributed by atoms with Gasteiger partial charge in [0.25, 0.3) is 0 Å². The molecule has 0 spiro atoms. The fourth-order valence-electron chi connectivity index (χ4n) is 1.68. The van der Waals surface area contributed by atoms with Gasteiger partial charge in [-0.15, -0.1) is 0 Å². The molecule has 1 aromatic rings. The second kappa shape index (κ2) is 7.66. The Morgan fingerprint density at radius 3 is 2.61 bits per heavy atom. The molecule has 1 amide bonds. The van der Waals surface area contributed by atoms with Crippen LogP contribution in [0.5, 0.6) is 0 Å². The van der Waals surface area contributed by atoms with Crippen LogP contribution in [0.25, 0.3) is 0 Å². The van der Waals surface area contributed by atoms with E-state index in [4.69, 9.17) is 5.73 Å². The van der Waals surface area contributed by atoms with Crippen molar-refractivity contribution in [3.63, 3.8) is 0 Å². The average molecular weight is 250 g/mol. The first-order valence-corrected chi connectivity index (χ1v) is 6.42. The van der Waals surface area contributed by atoms with Crippen LogP contribution in [0.15, 0.2) is 18.3 Å². The van der Waals surface area contributed by atoms with Gasteiger partial charge < -0.3 is 16.0 Å². The van der Waals surface area contributed by atoms with Gasteiger partial charge in [0.2, 0.25) is 5.91 Å². The van der Waals surface area contributed by atoms with E-state index in [2.05, 4.69) is 29.0 Å². The van der Waals surface area contributed by atoms with Crippen molar-refractivity contribution in [2.24, 2.45) is 5.73 Å². The molecule has 18 heavy (non-hydrogen) atoms. The van der Waals surface area contributed by atoms with Gasteiger partial charge in [0.15, 0.2) is 0 Å². The molecule has 1 heterocycles. The van der Waals surface area contributed by atoms with Crippen LogP contribution in [0.4, 0.5) is 11.5 Å². The lowest BCUT2D eigenvalue weighted by Crippen LogP contribution is -2.22. The van der Waals surface area contributed by atoms with Crippen molar-refractivity contribution in [3.05, 3.63) is 18.3 Å². The number of anilines is 2. The molecule has 0 radical (unpaired) electrons. The van der Waals surface area contributed by atoms with Gasteiger partial charge >= 0.3 is 0 Å². The highest BCUT2D eigenvalue weighted by Crippen LogP contribution is 2.14. The van der Waals surface area contributed by atoms with Crippen molar-refractivity contribution < 1.29 is 4.79 Å². The number of hydrogen-bond acceptors (Lipinski definition) is 4. The maximum Gasteiger partial charge on any atom is 0.224 e. The van der Waals surface area contributed by atoms with Crippen molar-refractivity contribution in [1.82, 2.24) is 4.98 Å². The highest BCUT2D eigenvalue weighted by molar-refractivity contribution is 5.90. The van der Waals surface area contributed by atoms with E-state index in [0.29, 0.717) is 19.4 Å². The summed E-state index contributed by atoms with van der Waals surface area (Å²) in [6.45, 7) is 6.56. The average Bonchev–Trinajstić information content (AvgIpc) is 2.40. The molecule has 0 atom stereocenters. The minimum absolute atomic E-state index is 0.0159. The Kier molecular flexibility index (Phi) is 6.14. The standard InChI is InChI=1S/C13H22N4O/c1-3-17(4-2)12-8-7-11(10-15-12)16-13(18)6-5-9-14/h7-8,10H,3-6,9,14H2,1-2H3,(H,16,18). The molecular formula is C13H22N4O. The first-order chi connectivity index (χ1) is 8.71. The van der Waals surface area contributed by atoms with E-state index in [0.717, 1.165) is 24.6 Å². The maximum absolute atomic E-state index is 11.5. The second-order valence-corrected chi connectivity index (χ2v) is 4.02. The lowest BCUT2D eigenvalue weighted by atomic mass is 10.3. The predicted molar refractivity (Wildman–Crippen MR) is 74.7 cm³/mol. The van der Waals surface area contributed by atoms with Crippen molar-refractivity contribution in [2.75, 3.05) is 29.9 Å². The lowest BCUT2D eigenvalue weighted by Gasteiger charge is -2.19. The third-order valence-corrected chi connectivity index (χ3v) is 2.73. The molecule has 5 nitrogen and oxygen atoms in total. The van der Waals surface area contributed by atoms with Crippen LogP contribution in [-0.4, -0.2) is 30.5 Å². The number of rotatable bonds is 7. The first kappa shape index (κ1) is 14.4. The molecule has 100 valence electrons. The monoisotopic (exact) mass is 250 g/mol. The Morgan fingerprint density at radius 1 is 1.39 bits per heavy atom. The van der Waals surface area contributed by atoms with E-state index < -0.39 is 0 Å². The second-order valence-electron chi connectivity index (χ2n) is 4.02. The third-order valence-electron chi connectivity index (χ3n) is 2.73. The minimum Gasteiger partial charge on any atom is -0.357 e. The van der Waals surface area contributed by atoms with Gasteiger partial charge in [-0.25, -0.2) is 4.98 Å². The Labute approximate surface area is 108 Å². The molecule has 0 unspecified atom stereocenters. The predicted octanol–water partition coefficient (Wildman–Crippen LogP) is 1.61. The van der Waals surface area contributed by atoms with Gasteiger partial charge in [-0.1, -0.05) is 0 Å². The van der Waals surface area contributed by atoms with Crippen LogP contribution in [0.2, 0.25) is 0 Å². The molecule has 0 bridgehead atoms. The Morgan fingerprint density at radius 2 is 2.11 bits per heavy atom. The van der Waals surface area contributed by atoms with E-state index >= 15 is 0 Å². The van der Waals surface area contributed by atoms with E-state index in [1.165, 1.54) is 0 Å². The fraction of sp³-hybridized carbons (Fsp3) is 0.538. The molecule has 1 rings (SSSR count). The summed E-state index contributed by atoms with van der Waals surface area (Å²) in [5.41, 5.74) is 6.09. The number of nitrogens with zero attached hydrogens (tertiary/aromatic N) is 2. The summed E-state index contributed by atoms with van der Waals surface area (Å²) < 4.78 is 0. The summed E-state index contributed by atoms with van der Waals surface area (Å²) in [5, 5.41) is 2.80. The van der Waals surface area contributed by atoms with Crippen LogP contribution in [-0.2, 0) is 4.79 Å². The van der Waals surface area contributed by atoms with E-state index in [1.807, 2.05) is 12.1 Å². The molecule has 0 aromatic carbocycles. The molecule has 3 N–H and O–H groups in total. The number of hydrogen-bond donors (Lipinski definition) is 2. The zero-order valence-electron chi connectivity index (χ0n) is 11.1. The van der Waals surface area contributed by atoms with E-state index in [9.17, 15) is 4.79 Å². The number of pyridine rings is 1. The van der Waals surface area contributed by atoms with E-state index in [-0.39, 0.29) is 5.91 Å². The molecule has 5 heteroatoms. The van der Waals surface area contributed by atoms with Gasteiger partial charge in [0, 0.05) is 19.5 Å². The SMILES string of the molecule is CCN(CC)c1ccc(NC(=O)CCCN)cn1. The smallest absolute Gasteiger partial charge is 0.224 e. The summed E-state index contributed by atoms with van der Waals surface area (Å²) in [7, 11) is 0. The minimum atomic E-state index is -0.0159. The summed E-state index contributed by atoms with van der Waals surface area (Å²) in [6.07, 6.45) is 2.85. The van der Waals surface area contributed by atoms with Crippen LogP contribution >= 0.6 is 0 Å².